The van der Waals surface area contributed by atoms with Crippen molar-refractivity contribution in [2.45, 2.75) is 18.5 Å². The summed E-state index contributed by atoms with van der Waals surface area (Å²) in [4.78, 5) is 11.1. The molecule has 5 heteroatoms. The number of rotatable bonds is 6. The van der Waals surface area contributed by atoms with Crippen LogP contribution in [-0.2, 0) is 14.3 Å². The lowest BCUT2D eigenvalue weighted by atomic mass is 10.5. The standard InChI is InChI=1S/C8H16N2O3/c1-12-2-3-13-5-8(11)10-7-4-6(7)9/h6-7H,2-5,9H2,1H3,(H,10,11). The van der Waals surface area contributed by atoms with Gasteiger partial charge in [0.2, 0.25) is 5.91 Å². The molecule has 2 atom stereocenters. The van der Waals surface area contributed by atoms with E-state index in [4.69, 9.17) is 15.2 Å². The quantitative estimate of drug-likeness (QED) is 0.517. The van der Waals surface area contributed by atoms with E-state index in [2.05, 4.69) is 5.32 Å². The first-order chi connectivity index (χ1) is 6.24. The minimum atomic E-state index is -0.103. The van der Waals surface area contributed by atoms with Gasteiger partial charge in [0.1, 0.15) is 6.61 Å². The van der Waals surface area contributed by atoms with Gasteiger partial charge in [-0.15, -0.1) is 0 Å². The molecule has 0 radical (unpaired) electrons. The molecule has 1 aliphatic rings. The average molecular weight is 188 g/mol. The van der Waals surface area contributed by atoms with Crippen LogP contribution >= 0.6 is 0 Å². The molecule has 0 bridgehead atoms. The van der Waals surface area contributed by atoms with E-state index >= 15 is 0 Å². The average Bonchev–Trinajstić information content (AvgIpc) is 2.76. The molecule has 1 aliphatic carbocycles. The summed E-state index contributed by atoms with van der Waals surface area (Å²) in [6, 6.07) is 0.307. The summed E-state index contributed by atoms with van der Waals surface area (Å²) in [5.41, 5.74) is 5.52. The second-order valence-corrected chi connectivity index (χ2v) is 3.12. The number of nitrogens with two attached hydrogens (primary N) is 1. The van der Waals surface area contributed by atoms with Crippen molar-refractivity contribution in [1.82, 2.24) is 5.32 Å². The molecule has 0 aromatic heterocycles. The summed E-state index contributed by atoms with van der Waals surface area (Å²) in [5, 5.41) is 2.75. The van der Waals surface area contributed by atoms with Gasteiger partial charge in [-0.2, -0.15) is 0 Å². The van der Waals surface area contributed by atoms with E-state index < -0.39 is 0 Å². The number of hydrogen-bond acceptors (Lipinski definition) is 4. The molecule has 3 N–H and O–H groups in total. The number of methoxy groups -OCH3 is 1. The van der Waals surface area contributed by atoms with Crippen LogP contribution in [0.1, 0.15) is 6.42 Å². The van der Waals surface area contributed by atoms with E-state index in [9.17, 15) is 4.79 Å². The monoisotopic (exact) mass is 188 g/mol. The molecule has 2 unspecified atom stereocenters. The molecule has 76 valence electrons. The third kappa shape index (κ3) is 4.21. The van der Waals surface area contributed by atoms with Crippen molar-refractivity contribution in [3.8, 4) is 0 Å². The Kier molecular flexibility index (Phi) is 4.14. The zero-order valence-corrected chi connectivity index (χ0v) is 7.79. The Labute approximate surface area is 77.6 Å². The van der Waals surface area contributed by atoms with Gasteiger partial charge in [-0.05, 0) is 6.42 Å². The van der Waals surface area contributed by atoms with Crippen molar-refractivity contribution >= 4 is 5.91 Å². The lowest BCUT2D eigenvalue weighted by Gasteiger charge is -2.04. The highest BCUT2D eigenvalue weighted by molar-refractivity contribution is 5.78. The summed E-state index contributed by atoms with van der Waals surface area (Å²) < 4.78 is 9.78. The van der Waals surface area contributed by atoms with Crippen LogP contribution in [0.4, 0.5) is 0 Å². The van der Waals surface area contributed by atoms with Crippen LogP contribution in [0.15, 0.2) is 0 Å². The molecular formula is C8H16N2O3. The van der Waals surface area contributed by atoms with E-state index in [-0.39, 0.29) is 24.6 Å². The Morgan fingerprint density at radius 1 is 1.62 bits per heavy atom. The molecule has 0 aliphatic heterocycles. The van der Waals surface area contributed by atoms with Crippen LogP contribution in [0.5, 0.6) is 0 Å². The number of amides is 1. The Balaban J connectivity index is 1.92. The van der Waals surface area contributed by atoms with E-state index in [1.807, 2.05) is 0 Å². The second-order valence-electron chi connectivity index (χ2n) is 3.12. The highest BCUT2D eigenvalue weighted by Gasteiger charge is 2.34. The van der Waals surface area contributed by atoms with Gasteiger partial charge in [-0.1, -0.05) is 0 Å². The lowest BCUT2D eigenvalue weighted by molar-refractivity contribution is -0.126. The molecule has 0 heterocycles. The maximum atomic E-state index is 11.1. The van der Waals surface area contributed by atoms with Gasteiger partial charge >= 0.3 is 0 Å². The predicted molar refractivity (Wildman–Crippen MR) is 47.2 cm³/mol. The first kappa shape index (κ1) is 10.4. The van der Waals surface area contributed by atoms with Crippen molar-refractivity contribution in [2.24, 2.45) is 5.73 Å². The SMILES string of the molecule is COCCOCC(=O)NC1CC1N. The van der Waals surface area contributed by atoms with Gasteiger partial charge in [0.15, 0.2) is 0 Å². The van der Waals surface area contributed by atoms with Gasteiger partial charge in [0.05, 0.1) is 13.2 Å². The number of hydrogen-bond donors (Lipinski definition) is 2. The molecule has 1 amide bonds. The molecule has 13 heavy (non-hydrogen) atoms. The summed E-state index contributed by atoms with van der Waals surface area (Å²) in [6.45, 7) is 1.05. The molecule has 5 nitrogen and oxygen atoms in total. The number of carbonyl (C=O) groups excluding carboxylic acids is 1. The second kappa shape index (κ2) is 5.16. The van der Waals surface area contributed by atoms with Gasteiger partial charge < -0.3 is 20.5 Å². The molecule has 1 rings (SSSR count). The van der Waals surface area contributed by atoms with E-state index in [0.29, 0.717) is 13.2 Å². The van der Waals surface area contributed by atoms with Crippen LogP contribution < -0.4 is 11.1 Å². The summed E-state index contributed by atoms with van der Waals surface area (Å²) in [5.74, 6) is -0.103. The Morgan fingerprint density at radius 3 is 2.85 bits per heavy atom. The third-order valence-corrected chi connectivity index (χ3v) is 1.85. The minimum absolute atomic E-state index is 0.0899. The van der Waals surface area contributed by atoms with Crippen molar-refractivity contribution in [1.29, 1.82) is 0 Å². The number of ether oxygens (including phenoxy) is 2. The Hall–Kier alpha value is -0.650. The van der Waals surface area contributed by atoms with Crippen LogP contribution in [0.25, 0.3) is 0 Å². The van der Waals surface area contributed by atoms with Gasteiger partial charge in [-0.3, -0.25) is 4.79 Å². The van der Waals surface area contributed by atoms with Crippen LogP contribution in [0.3, 0.4) is 0 Å². The highest BCUT2D eigenvalue weighted by atomic mass is 16.5. The van der Waals surface area contributed by atoms with Crippen molar-refractivity contribution in [2.75, 3.05) is 26.9 Å². The third-order valence-electron chi connectivity index (χ3n) is 1.85. The highest BCUT2D eigenvalue weighted by Crippen LogP contribution is 2.17. The van der Waals surface area contributed by atoms with Crippen molar-refractivity contribution in [3.63, 3.8) is 0 Å². The number of carbonyl (C=O) groups is 1. The molecule has 1 fully saturated rings. The lowest BCUT2D eigenvalue weighted by Crippen LogP contribution is -2.32. The first-order valence-corrected chi connectivity index (χ1v) is 4.35. The maximum absolute atomic E-state index is 11.1. The molecule has 0 spiro atoms. The van der Waals surface area contributed by atoms with Gasteiger partial charge in [0, 0.05) is 19.2 Å². The van der Waals surface area contributed by atoms with Gasteiger partial charge in [-0.25, -0.2) is 0 Å². The first-order valence-electron chi connectivity index (χ1n) is 4.35. The van der Waals surface area contributed by atoms with Gasteiger partial charge in [0.25, 0.3) is 0 Å². The fraction of sp³-hybridized carbons (Fsp3) is 0.875. The molecular weight excluding hydrogens is 172 g/mol. The summed E-state index contributed by atoms with van der Waals surface area (Å²) in [6.07, 6.45) is 0.879. The summed E-state index contributed by atoms with van der Waals surface area (Å²) >= 11 is 0. The predicted octanol–water partition coefficient (Wildman–Crippen LogP) is -1.13. The Morgan fingerprint density at radius 2 is 2.31 bits per heavy atom. The normalized spacial score (nSPS) is 25.7. The largest absolute Gasteiger partial charge is 0.382 e. The van der Waals surface area contributed by atoms with E-state index in [0.717, 1.165) is 6.42 Å². The number of nitrogens with one attached hydrogen (secondary N) is 1. The molecule has 0 saturated heterocycles. The zero-order valence-electron chi connectivity index (χ0n) is 7.79. The van der Waals surface area contributed by atoms with Crippen LogP contribution in [0.2, 0.25) is 0 Å². The fourth-order valence-electron chi connectivity index (χ4n) is 0.936. The molecule has 1 saturated carbocycles. The van der Waals surface area contributed by atoms with E-state index in [1.165, 1.54) is 0 Å². The fourth-order valence-corrected chi connectivity index (χ4v) is 0.936. The van der Waals surface area contributed by atoms with Crippen molar-refractivity contribution < 1.29 is 14.3 Å². The van der Waals surface area contributed by atoms with E-state index in [1.54, 1.807) is 7.11 Å². The van der Waals surface area contributed by atoms with Crippen LogP contribution in [-0.4, -0.2) is 44.9 Å². The maximum Gasteiger partial charge on any atom is 0.246 e. The minimum Gasteiger partial charge on any atom is -0.382 e. The van der Waals surface area contributed by atoms with Crippen LogP contribution in [0, 0.1) is 0 Å². The summed E-state index contributed by atoms with van der Waals surface area (Å²) in [7, 11) is 1.59. The zero-order chi connectivity index (χ0) is 9.68. The van der Waals surface area contributed by atoms with Crippen molar-refractivity contribution in [3.05, 3.63) is 0 Å². The molecule has 0 aromatic carbocycles. The Bertz CT molecular complexity index is 175. The molecule has 0 aromatic rings. The smallest absolute Gasteiger partial charge is 0.246 e. The topological polar surface area (TPSA) is 73.6 Å².